The highest BCUT2D eigenvalue weighted by atomic mass is 35.5. The Morgan fingerprint density at radius 3 is 2.56 bits per heavy atom. The summed E-state index contributed by atoms with van der Waals surface area (Å²) in [6.45, 7) is 2.59. The van der Waals surface area contributed by atoms with E-state index in [-0.39, 0.29) is 12.3 Å². The number of benzene rings is 2. The molecule has 132 valence electrons. The van der Waals surface area contributed by atoms with E-state index in [9.17, 15) is 9.59 Å². The van der Waals surface area contributed by atoms with Gasteiger partial charge in [0.2, 0.25) is 0 Å². The van der Waals surface area contributed by atoms with Crippen LogP contribution in [0.1, 0.15) is 34.3 Å². The van der Waals surface area contributed by atoms with E-state index in [1.165, 1.54) is 0 Å². The Morgan fingerprint density at radius 1 is 1.16 bits per heavy atom. The fourth-order valence-corrected chi connectivity index (χ4v) is 2.43. The van der Waals surface area contributed by atoms with Gasteiger partial charge >= 0.3 is 5.97 Å². The normalized spacial score (nSPS) is 10.3. The third-order valence-electron chi connectivity index (χ3n) is 3.62. The Balaban J connectivity index is 1.84. The molecular formula is C19H20ClNO4. The second-order valence-corrected chi connectivity index (χ2v) is 5.99. The summed E-state index contributed by atoms with van der Waals surface area (Å²) >= 11 is 6.16. The molecule has 0 unspecified atom stereocenters. The van der Waals surface area contributed by atoms with Crippen LogP contribution in [0.2, 0.25) is 5.02 Å². The lowest BCUT2D eigenvalue weighted by atomic mass is 10.1. The molecule has 0 saturated carbocycles. The van der Waals surface area contributed by atoms with E-state index in [4.69, 9.17) is 21.4 Å². The number of nitrogens with one attached hydrogen (secondary N) is 1. The van der Waals surface area contributed by atoms with Crippen molar-refractivity contribution in [2.24, 2.45) is 0 Å². The van der Waals surface area contributed by atoms with Crippen molar-refractivity contribution < 1.29 is 19.4 Å². The first-order valence-electron chi connectivity index (χ1n) is 7.94. The number of halogens is 1. The van der Waals surface area contributed by atoms with Crippen LogP contribution in [0.25, 0.3) is 0 Å². The van der Waals surface area contributed by atoms with Crippen LogP contribution in [0, 0.1) is 6.92 Å². The number of carboxylic acid groups (broad SMARTS) is 1. The molecule has 0 heterocycles. The molecule has 0 fully saturated rings. The zero-order valence-electron chi connectivity index (χ0n) is 13.9. The Kier molecular flexibility index (Phi) is 6.83. The molecule has 0 aliphatic heterocycles. The van der Waals surface area contributed by atoms with Crippen LogP contribution in [0.15, 0.2) is 42.5 Å². The molecule has 0 bridgehead atoms. The van der Waals surface area contributed by atoms with Crippen molar-refractivity contribution in [3.63, 3.8) is 0 Å². The number of carbonyl (C=O) groups excluding carboxylic acids is 1. The van der Waals surface area contributed by atoms with Gasteiger partial charge in [0.25, 0.3) is 5.91 Å². The SMILES string of the molecule is Cc1cccc(C(=O)NCc2ccc(OCCCC(=O)O)cc2)c1Cl. The number of rotatable bonds is 8. The van der Waals surface area contributed by atoms with Gasteiger partial charge in [0, 0.05) is 13.0 Å². The highest BCUT2D eigenvalue weighted by molar-refractivity contribution is 6.34. The predicted octanol–water partition coefficient (Wildman–Crippen LogP) is 3.82. The quantitative estimate of drug-likeness (QED) is 0.701. The maximum absolute atomic E-state index is 12.2. The molecule has 1 amide bonds. The Morgan fingerprint density at radius 2 is 1.88 bits per heavy atom. The second kappa shape index (κ2) is 9.08. The Labute approximate surface area is 151 Å². The zero-order valence-corrected chi connectivity index (χ0v) is 14.7. The monoisotopic (exact) mass is 361 g/mol. The molecule has 0 aromatic heterocycles. The van der Waals surface area contributed by atoms with Crippen LogP contribution in [-0.4, -0.2) is 23.6 Å². The van der Waals surface area contributed by atoms with Gasteiger partial charge in [0.1, 0.15) is 5.75 Å². The molecule has 0 spiro atoms. The van der Waals surface area contributed by atoms with Crippen LogP contribution < -0.4 is 10.1 Å². The highest BCUT2D eigenvalue weighted by Crippen LogP contribution is 2.20. The van der Waals surface area contributed by atoms with Gasteiger partial charge in [-0.3, -0.25) is 9.59 Å². The van der Waals surface area contributed by atoms with E-state index in [2.05, 4.69) is 5.32 Å². The van der Waals surface area contributed by atoms with Gasteiger partial charge < -0.3 is 15.2 Å². The van der Waals surface area contributed by atoms with E-state index >= 15 is 0 Å². The maximum atomic E-state index is 12.2. The topological polar surface area (TPSA) is 75.6 Å². The summed E-state index contributed by atoms with van der Waals surface area (Å²) in [6.07, 6.45) is 0.552. The van der Waals surface area contributed by atoms with E-state index in [0.717, 1.165) is 11.1 Å². The third-order valence-corrected chi connectivity index (χ3v) is 4.12. The highest BCUT2D eigenvalue weighted by Gasteiger charge is 2.11. The standard InChI is InChI=1S/C19H20ClNO4/c1-13-4-2-5-16(18(13)20)19(24)21-12-14-7-9-15(10-8-14)25-11-3-6-17(22)23/h2,4-5,7-10H,3,6,11-12H2,1H3,(H,21,24)(H,22,23). The average molecular weight is 362 g/mol. The zero-order chi connectivity index (χ0) is 18.2. The van der Waals surface area contributed by atoms with Gasteiger partial charge in [-0.2, -0.15) is 0 Å². The van der Waals surface area contributed by atoms with Crippen molar-refractivity contribution in [3.05, 3.63) is 64.2 Å². The predicted molar refractivity (Wildman–Crippen MR) is 96.2 cm³/mol. The number of hydrogen-bond acceptors (Lipinski definition) is 3. The number of hydrogen-bond donors (Lipinski definition) is 2. The number of amides is 1. The van der Waals surface area contributed by atoms with Gasteiger partial charge in [0.15, 0.2) is 0 Å². The number of carboxylic acids is 1. The fraction of sp³-hybridized carbons (Fsp3) is 0.263. The second-order valence-electron chi connectivity index (χ2n) is 5.61. The van der Waals surface area contributed by atoms with Crippen molar-refractivity contribution in [3.8, 4) is 5.75 Å². The van der Waals surface area contributed by atoms with E-state index in [1.807, 2.05) is 25.1 Å². The lowest BCUT2D eigenvalue weighted by Crippen LogP contribution is -2.23. The summed E-state index contributed by atoms with van der Waals surface area (Å²) in [6, 6.07) is 12.6. The minimum Gasteiger partial charge on any atom is -0.494 e. The summed E-state index contributed by atoms with van der Waals surface area (Å²) in [7, 11) is 0. The van der Waals surface area contributed by atoms with Crippen LogP contribution in [-0.2, 0) is 11.3 Å². The van der Waals surface area contributed by atoms with E-state index in [1.54, 1.807) is 24.3 Å². The summed E-state index contributed by atoms with van der Waals surface area (Å²) in [5, 5.41) is 11.9. The number of ether oxygens (including phenoxy) is 1. The van der Waals surface area contributed by atoms with Crippen molar-refractivity contribution in [2.45, 2.75) is 26.3 Å². The van der Waals surface area contributed by atoms with Crippen molar-refractivity contribution >= 4 is 23.5 Å². The third kappa shape index (κ3) is 5.80. The molecule has 5 nitrogen and oxygen atoms in total. The van der Waals surface area contributed by atoms with Gasteiger partial charge in [0.05, 0.1) is 17.2 Å². The number of aryl methyl sites for hydroxylation is 1. The van der Waals surface area contributed by atoms with Crippen molar-refractivity contribution in [2.75, 3.05) is 6.61 Å². The average Bonchev–Trinajstić information content (AvgIpc) is 2.60. The van der Waals surface area contributed by atoms with Gasteiger partial charge in [-0.15, -0.1) is 0 Å². The maximum Gasteiger partial charge on any atom is 0.303 e. The molecule has 2 rings (SSSR count). The first-order chi connectivity index (χ1) is 12.0. The summed E-state index contributed by atoms with van der Waals surface area (Å²) in [5.74, 6) is -0.381. The summed E-state index contributed by atoms with van der Waals surface area (Å²) < 4.78 is 5.47. The fourth-order valence-electron chi connectivity index (χ4n) is 2.22. The number of carbonyl (C=O) groups is 2. The molecule has 0 aliphatic carbocycles. The van der Waals surface area contributed by atoms with Crippen molar-refractivity contribution in [1.29, 1.82) is 0 Å². The minimum atomic E-state index is -0.830. The Hall–Kier alpha value is -2.53. The van der Waals surface area contributed by atoms with Gasteiger partial charge in [-0.1, -0.05) is 35.9 Å². The van der Waals surface area contributed by atoms with Crippen LogP contribution in [0.3, 0.4) is 0 Å². The van der Waals surface area contributed by atoms with Crippen LogP contribution in [0.4, 0.5) is 0 Å². The molecule has 2 N–H and O–H groups in total. The van der Waals surface area contributed by atoms with Crippen LogP contribution >= 0.6 is 11.6 Å². The summed E-state index contributed by atoms with van der Waals surface area (Å²) in [5.41, 5.74) is 2.24. The lowest BCUT2D eigenvalue weighted by Gasteiger charge is -2.09. The summed E-state index contributed by atoms with van der Waals surface area (Å²) in [4.78, 5) is 22.6. The smallest absolute Gasteiger partial charge is 0.303 e. The van der Waals surface area contributed by atoms with Gasteiger partial charge in [-0.25, -0.2) is 0 Å². The number of aliphatic carboxylic acids is 1. The van der Waals surface area contributed by atoms with Crippen molar-refractivity contribution in [1.82, 2.24) is 5.32 Å². The van der Waals surface area contributed by atoms with E-state index in [0.29, 0.717) is 35.9 Å². The minimum absolute atomic E-state index is 0.0889. The molecule has 2 aromatic rings. The lowest BCUT2D eigenvalue weighted by molar-refractivity contribution is -0.137. The van der Waals surface area contributed by atoms with Gasteiger partial charge in [-0.05, 0) is 42.7 Å². The molecule has 0 aliphatic rings. The molecule has 25 heavy (non-hydrogen) atoms. The first kappa shape index (κ1) is 18.8. The molecule has 0 atom stereocenters. The van der Waals surface area contributed by atoms with E-state index < -0.39 is 5.97 Å². The Bertz CT molecular complexity index is 744. The largest absolute Gasteiger partial charge is 0.494 e. The molecule has 6 heteroatoms. The molecule has 0 radical (unpaired) electrons. The van der Waals surface area contributed by atoms with Crippen LogP contribution in [0.5, 0.6) is 5.75 Å². The molecular weight excluding hydrogens is 342 g/mol. The first-order valence-corrected chi connectivity index (χ1v) is 8.32. The molecule has 2 aromatic carbocycles. The molecule has 0 saturated heterocycles.